The molecule has 0 amide bonds. The molecule has 0 atom stereocenters. The predicted octanol–water partition coefficient (Wildman–Crippen LogP) is 2.49. The standard InChI is InChI=1S/C8H18NO4P/c1-4-8(9-10)7-14(11,12-5-2)13-6-3/h10H,4-7H2,1-3H3/b9-8-. The zero-order chi connectivity index (χ0) is 11.0. The molecule has 14 heavy (non-hydrogen) atoms. The normalized spacial score (nSPS) is 13.2. The minimum absolute atomic E-state index is 0.0572. The molecule has 0 bridgehead atoms. The van der Waals surface area contributed by atoms with Crippen molar-refractivity contribution in [1.82, 2.24) is 0 Å². The monoisotopic (exact) mass is 223 g/mol. The van der Waals surface area contributed by atoms with Crippen molar-refractivity contribution in [2.24, 2.45) is 5.16 Å². The summed E-state index contributed by atoms with van der Waals surface area (Å²) in [5, 5.41) is 11.6. The summed E-state index contributed by atoms with van der Waals surface area (Å²) >= 11 is 0. The molecular weight excluding hydrogens is 205 g/mol. The molecule has 0 saturated carbocycles. The molecule has 0 aromatic heterocycles. The van der Waals surface area contributed by atoms with E-state index in [9.17, 15) is 4.57 Å². The summed E-state index contributed by atoms with van der Waals surface area (Å²) in [6.45, 7) is 5.94. The molecule has 0 saturated heterocycles. The summed E-state index contributed by atoms with van der Waals surface area (Å²) in [6.07, 6.45) is 0.586. The van der Waals surface area contributed by atoms with E-state index in [2.05, 4.69) is 5.16 Å². The number of rotatable bonds is 7. The van der Waals surface area contributed by atoms with E-state index in [-0.39, 0.29) is 6.16 Å². The van der Waals surface area contributed by atoms with Crippen LogP contribution in [0.5, 0.6) is 0 Å². The van der Waals surface area contributed by atoms with E-state index in [0.29, 0.717) is 25.3 Å². The molecule has 5 nitrogen and oxygen atoms in total. The number of nitrogens with zero attached hydrogens (tertiary/aromatic N) is 1. The fourth-order valence-electron chi connectivity index (χ4n) is 0.960. The molecule has 0 fully saturated rings. The Balaban J connectivity index is 4.42. The van der Waals surface area contributed by atoms with Crippen LogP contribution in [-0.2, 0) is 13.6 Å². The molecule has 0 aliphatic rings. The molecule has 0 aliphatic carbocycles. The topological polar surface area (TPSA) is 68.1 Å². The van der Waals surface area contributed by atoms with Crippen LogP contribution in [0, 0.1) is 0 Å². The molecule has 0 aromatic carbocycles. The van der Waals surface area contributed by atoms with Gasteiger partial charge in [0, 0.05) is 0 Å². The third kappa shape index (κ3) is 4.74. The first-order valence-electron chi connectivity index (χ1n) is 4.69. The Morgan fingerprint density at radius 2 is 1.79 bits per heavy atom. The van der Waals surface area contributed by atoms with Crippen LogP contribution in [0.1, 0.15) is 27.2 Å². The van der Waals surface area contributed by atoms with Gasteiger partial charge in [0.2, 0.25) is 0 Å². The van der Waals surface area contributed by atoms with E-state index < -0.39 is 7.60 Å². The van der Waals surface area contributed by atoms with Crippen LogP contribution in [0.2, 0.25) is 0 Å². The molecule has 6 heteroatoms. The highest BCUT2D eigenvalue weighted by Crippen LogP contribution is 2.48. The Morgan fingerprint density at radius 3 is 2.07 bits per heavy atom. The van der Waals surface area contributed by atoms with Crippen LogP contribution in [0.4, 0.5) is 0 Å². The van der Waals surface area contributed by atoms with Crippen molar-refractivity contribution in [2.45, 2.75) is 27.2 Å². The van der Waals surface area contributed by atoms with Gasteiger partial charge in [0.25, 0.3) is 0 Å². The number of hydrogen-bond acceptors (Lipinski definition) is 5. The van der Waals surface area contributed by atoms with Gasteiger partial charge >= 0.3 is 7.60 Å². The summed E-state index contributed by atoms with van der Waals surface area (Å²) in [4.78, 5) is 0. The molecule has 0 aliphatic heterocycles. The van der Waals surface area contributed by atoms with E-state index in [1.54, 1.807) is 13.8 Å². The Morgan fingerprint density at radius 1 is 1.29 bits per heavy atom. The van der Waals surface area contributed by atoms with E-state index in [4.69, 9.17) is 14.3 Å². The van der Waals surface area contributed by atoms with Crippen molar-refractivity contribution in [3.8, 4) is 0 Å². The van der Waals surface area contributed by atoms with E-state index >= 15 is 0 Å². The van der Waals surface area contributed by atoms with Crippen molar-refractivity contribution in [2.75, 3.05) is 19.4 Å². The first-order chi connectivity index (χ1) is 6.61. The molecule has 0 unspecified atom stereocenters. The highest BCUT2D eigenvalue weighted by molar-refractivity contribution is 7.54. The average molecular weight is 223 g/mol. The molecule has 0 spiro atoms. The van der Waals surface area contributed by atoms with Crippen LogP contribution in [0.15, 0.2) is 5.16 Å². The Kier molecular flexibility index (Phi) is 6.79. The SMILES string of the molecule is CCOP(=O)(C/C(CC)=N\O)OCC. The molecule has 0 aromatic rings. The fraction of sp³-hybridized carbons (Fsp3) is 0.875. The molecule has 0 rings (SSSR count). The number of hydrogen-bond donors (Lipinski definition) is 1. The third-order valence-corrected chi connectivity index (χ3v) is 3.63. The van der Waals surface area contributed by atoms with E-state index in [0.717, 1.165) is 0 Å². The van der Waals surface area contributed by atoms with E-state index in [1.807, 2.05) is 6.92 Å². The van der Waals surface area contributed by atoms with Gasteiger partial charge in [0.05, 0.1) is 25.1 Å². The molecular formula is C8H18NO4P. The van der Waals surface area contributed by atoms with Gasteiger partial charge in [-0.05, 0) is 20.3 Å². The first-order valence-corrected chi connectivity index (χ1v) is 6.42. The molecule has 0 radical (unpaired) electrons. The lowest BCUT2D eigenvalue weighted by atomic mass is 10.3. The smallest absolute Gasteiger partial charge is 0.336 e. The van der Waals surface area contributed by atoms with Gasteiger partial charge in [-0.15, -0.1) is 0 Å². The van der Waals surface area contributed by atoms with E-state index in [1.165, 1.54) is 0 Å². The van der Waals surface area contributed by atoms with Gasteiger partial charge in [-0.1, -0.05) is 12.1 Å². The van der Waals surface area contributed by atoms with Gasteiger partial charge in [0.15, 0.2) is 0 Å². The Bertz CT molecular complexity index is 219. The van der Waals surface area contributed by atoms with Crippen molar-refractivity contribution in [3.05, 3.63) is 0 Å². The second-order valence-electron chi connectivity index (χ2n) is 2.62. The Labute approximate surface area is 84.6 Å². The lowest BCUT2D eigenvalue weighted by molar-refractivity contribution is 0.222. The lowest BCUT2D eigenvalue weighted by Gasteiger charge is -2.16. The van der Waals surface area contributed by atoms with Gasteiger partial charge in [-0.2, -0.15) is 0 Å². The van der Waals surface area contributed by atoms with Crippen LogP contribution >= 0.6 is 7.60 Å². The maximum Gasteiger partial charge on any atom is 0.336 e. The van der Waals surface area contributed by atoms with Crippen molar-refractivity contribution >= 4 is 13.3 Å². The second kappa shape index (κ2) is 6.98. The largest absolute Gasteiger partial charge is 0.411 e. The van der Waals surface area contributed by atoms with Crippen LogP contribution < -0.4 is 0 Å². The van der Waals surface area contributed by atoms with Crippen molar-refractivity contribution in [3.63, 3.8) is 0 Å². The summed E-state index contributed by atoms with van der Waals surface area (Å²) in [7, 11) is -3.10. The lowest BCUT2D eigenvalue weighted by Crippen LogP contribution is -2.09. The van der Waals surface area contributed by atoms with Crippen LogP contribution in [0.3, 0.4) is 0 Å². The van der Waals surface area contributed by atoms with Crippen LogP contribution in [0.25, 0.3) is 0 Å². The minimum Gasteiger partial charge on any atom is -0.411 e. The summed E-state index contributed by atoms with van der Waals surface area (Å²) < 4.78 is 22.0. The highest BCUT2D eigenvalue weighted by Gasteiger charge is 2.25. The summed E-state index contributed by atoms with van der Waals surface area (Å²) in [5.41, 5.74) is 0.426. The second-order valence-corrected chi connectivity index (χ2v) is 4.68. The average Bonchev–Trinajstić information content (AvgIpc) is 2.15. The molecule has 1 N–H and O–H groups in total. The summed E-state index contributed by atoms with van der Waals surface area (Å²) in [5.74, 6) is 0. The van der Waals surface area contributed by atoms with Crippen LogP contribution in [-0.4, -0.2) is 30.3 Å². The zero-order valence-corrected chi connectivity index (χ0v) is 9.79. The van der Waals surface area contributed by atoms with Gasteiger partial charge < -0.3 is 14.3 Å². The maximum atomic E-state index is 11.9. The number of oxime groups is 1. The minimum atomic E-state index is -3.10. The molecule has 0 heterocycles. The molecule has 84 valence electrons. The van der Waals surface area contributed by atoms with Gasteiger partial charge in [0.1, 0.15) is 0 Å². The van der Waals surface area contributed by atoms with Gasteiger partial charge in [-0.3, -0.25) is 4.57 Å². The first kappa shape index (κ1) is 13.6. The predicted molar refractivity (Wildman–Crippen MR) is 55.2 cm³/mol. The zero-order valence-electron chi connectivity index (χ0n) is 8.89. The van der Waals surface area contributed by atoms with Crippen molar-refractivity contribution in [1.29, 1.82) is 0 Å². The summed E-state index contributed by atoms with van der Waals surface area (Å²) in [6, 6.07) is 0. The van der Waals surface area contributed by atoms with Crippen molar-refractivity contribution < 1.29 is 18.8 Å². The maximum absolute atomic E-state index is 11.9. The fourth-order valence-corrected chi connectivity index (χ4v) is 2.74. The highest BCUT2D eigenvalue weighted by atomic mass is 31.2. The third-order valence-electron chi connectivity index (χ3n) is 1.58. The van der Waals surface area contributed by atoms with Gasteiger partial charge in [-0.25, -0.2) is 0 Å². The quantitative estimate of drug-likeness (QED) is 0.311. The Hall–Kier alpha value is -0.380.